The summed E-state index contributed by atoms with van der Waals surface area (Å²) in [7, 11) is 1.89. The summed E-state index contributed by atoms with van der Waals surface area (Å²) in [6, 6.07) is 9.17. The van der Waals surface area contributed by atoms with Crippen LogP contribution in [0.3, 0.4) is 0 Å². The van der Waals surface area contributed by atoms with Gasteiger partial charge < -0.3 is 15.7 Å². The first-order valence-corrected chi connectivity index (χ1v) is 11.0. The molecule has 0 atom stereocenters. The Kier molecular flexibility index (Phi) is 6.40. The van der Waals surface area contributed by atoms with Crippen LogP contribution >= 0.6 is 0 Å². The number of nitrogen functional groups attached to an aromatic ring is 1. The second kappa shape index (κ2) is 9.39. The number of nitrogens with zero attached hydrogens (tertiary/aromatic N) is 7. The molecule has 3 aromatic rings. The molecule has 0 spiro atoms. The molecule has 1 aliphatic rings. The molecule has 0 aliphatic carbocycles. The molecule has 32 heavy (non-hydrogen) atoms. The van der Waals surface area contributed by atoms with Crippen LogP contribution in [0.15, 0.2) is 35.3 Å². The first kappa shape index (κ1) is 21.8. The van der Waals surface area contributed by atoms with E-state index in [4.69, 9.17) is 10.6 Å². The van der Waals surface area contributed by atoms with Gasteiger partial charge in [-0.3, -0.25) is 14.5 Å². The number of hydrogen-bond acceptors (Lipinski definition) is 7. The van der Waals surface area contributed by atoms with Crippen molar-refractivity contribution in [2.24, 2.45) is 4.99 Å². The van der Waals surface area contributed by atoms with Crippen LogP contribution in [0.5, 0.6) is 5.75 Å². The van der Waals surface area contributed by atoms with Crippen LogP contribution in [0.1, 0.15) is 32.7 Å². The summed E-state index contributed by atoms with van der Waals surface area (Å²) in [5.74, 6) is 1.38. The molecule has 0 saturated carbocycles. The minimum absolute atomic E-state index is 0.162. The summed E-state index contributed by atoms with van der Waals surface area (Å²) < 4.78 is 1.96. The van der Waals surface area contributed by atoms with Gasteiger partial charge in [0.15, 0.2) is 11.3 Å². The van der Waals surface area contributed by atoms with Crippen LogP contribution in [0, 0.1) is 0 Å². The van der Waals surface area contributed by atoms with Crippen molar-refractivity contribution in [3.05, 3.63) is 30.3 Å². The molecule has 0 amide bonds. The van der Waals surface area contributed by atoms with E-state index in [2.05, 4.69) is 25.2 Å². The van der Waals surface area contributed by atoms with E-state index in [9.17, 15) is 5.11 Å². The van der Waals surface area contributed by atoms with Crippen molar-refractivity contribution < 1.29 is 9.94 Å². The maximum Gasteiger partial charge on any atom is 0.220 e. The average Bonchev–Trinajstić information content (AvgIpc) is 3.14. The molecule has 0 unspecified atom stereocenters. The lowest BCUT2D eigenvalue weighted by Crippen LogP contribution is -2.46. The number of phenolic OH excluding ortho intramolecular Hbond substituents is 1. The van der Waals surface area contributed by atoms with Gasteiger partial charge in [-0.25, -0.2) is 5.06 Å². The van der Waals surface area contributed by atoms with E-state index in [1.165, 1.54) is 0 Å². The number of anilines is 1. The molecular weight excluding hydrogens is 408 g/mol. The Morgan fingerprint density at radius 2 is 2.00 bits per heavy atom. The van der Waals surface area contributed by atoms with Gasteiger partial charge in [0, 0.05) is 32.2 Å². The van der Waals surface area contributed by atoms with Crippen molar-refractivity contribution in [2.75, 3.05) is 39.0 Å². The zero-order chi connectivity index (χ0) is 22.7. The van der Waals surface area contributed by atoms with Crippen molar-refractivity contribution in [3.8, 4) is 17.0 Å². The molecule has 3 N–H and O–H groups in total. The van der Waals surface area contributed by atoms with Crippen LogP contribution in [0.2, 0.25) is 0 Å². The van der Waals surface area contributed by atoms with Gasteiger partial charge in [-0.1, -0.05) is 12.1 Å². The fraction of sp³-hybridized carbons (Fsp3) is 0.455. The number of piperidine rings is 1. The molecule has 0 bridgehead atoms. The summed E-state index contributed by atoms with van der Waals surface area (Å²) >= 11 is 0. The van der Waals surface area contributed by atoms with Crippen LogP contribution in [-0.4, -0.2) is 74.3 Å². The third-order valence-corrected chi connectivity index (χ3v) is 5.66. The number of aromatic hydroxyl groups is 1. The molecule has 2 aromatic heterocycles. The number of guanidine groups is 1. The lowest BCUT2D eigenvalue weighted by molar-refractivity contribution is -0.0837. The lowest BCUT2D eigenvalue weighted by Gasteiger charge is -2.36. The van der Waals surface area contributed by atoms with E-state index in [-0.39, 0.29) is 11.8 Å². The quantitative estimate of drug-likeness (QED) is 0.355. The minimum atomic E-state index is 0.162. The fourth-order valence-electron chi connectivity index (χ4n) is 4.16. The summed E-state index contributed by atoms with van der Waals surface area (Å²) in [5.41, 5.74) is 8.77. The minimum Gasteiger partial charge on any atom is -0.507 e. The van der Waals surface area contributed by atoms with Crippen molar-refractivity contribution in [2.45, 2.75) is 32.7 Å². The Morgan fingerprint density at radius 3 is 2.69 bits per heavy atom. The van der Waals surface area contributed by atoms with Crippen LogP contribution in [0.4, 0.5) is 5.82 Å². The number of nitrogens with two attached hydrogens (primary N) is 1. The number of aliphatic imine (C=N–C) groups is 1. The van der Waals surface area contributed by atoms with Crippen molar-refractivity contribution >= 4 is 22.8 Å². The molecule has 1 aliphatic heterocycles. The maximum absolute atomic E-state index is 10.2. The number of phenols is 1. The molecule has 3 heterocycles. The second-order valence-electron chi connectivity index (χ2n) is 7.72. The van der Waals surface area contributed by atoms with Crippen molar-refractivity contribution in [3.63, 3.8) is 0 Å². The summed E-state index contributed by atoms with van der Waals surface area (Å²) in [5, 5.41) is 25.1. The first-order chi connectivity index (χ1) is 15.5. The number of aromatic nitrogens is 4. The fourth-order valence-corrected chi connectivity index (χ4v) is 4.16. The molecule has 10 nitrogen and oxygen atoms in total. The standard InChI is InChI=1S/C22H30N8O2/c1-4-24-22(28(3)32-5-2)29-12-10-15(11-13-29)30-18-14-17(16-8-6-7-9-19(16)31)25-26-20(18)21(23)27-30/h6-9,14-15,31H,4-5,10-13H2,1-3H3,(H2,23,27). The molecule has 0 radical (unpaired) electrons. The zero-order valence-corrected chi connectivity index (χ0v) is 18.8. The average molecular weight is 439 g/mol. The molecule has 1 saturated heterocycles. The smallest absolute Gasteiger partial charge is 0.220 e. The van der Waals surface area contributed by atoms with E-state index in [0.29, 0.717) is 35.7 Å². The van der Waals surface area contributed by atoms with Crippen LogP contribution in [-0.2, 0) is 4.84 Å². The van der Waals surface area contributed by atoms with Crippen molar-refractivity contribution in [1.82, 2.24) is 29.9 Å². The number of rotatable bonds is 5. The third kappa shape index (κ3) is 4.18. The van der Waals surface area contributed by atoms with Gasteiger partial charge in [0.1, 0.15) is 5.75 Å². The molecule has 170 valence electrons. The van der Waals surface area contributed by atoms with Gasteiger partial charge in [-0.2, -0.15) is 5.10 Å². The summed E-state index contributed by atoms with van der Waals surface area (Å²) in [6.07, 6.45) is 1.76. The molecule has 4 rings (SSSR count). The highest BCUT2D eigenvalue weighted by Crippen LogP contribution is 2.32. The molecule has 1 fully saturated rings. The Bertz CT molecular complexity index is 1100. The largest absolute Gasteiger partial charge is 0.507 e. The van der Waals surface area contributed by atoms with Gasteiger partial charge in [0.2, 0.25) is 5.96 Å². The number of para-hydroxylation sites is 1. The number of likely N-dealkylation sites (tertiary alicyclic amines) is 1. The third-order valence-electron chi connectivity index (χ3n) is 5.66. The lowest BCUT2D eigenvalue weighted by atomic mass is 10.1. The topological polar surface area (TPSA) is 118 Å². The predicted molar refractivity (Wildman–Crippen MR) is 124 cm³/mol. The van der Waals surface area contributed by atoms with Gasteiger partial charge in [-0.05, 0) is 44.9 Å². The highest BCUT2D eigenvalue weighted by molar-refractivity contribution is 5.87. The number of hydrogen-bond donors (Lipinski definition) is 2. The molecule has 1 aromatic carbocycles. The van der Waals surface area contributed by atoms with Gasteiger partial charge in [-0.15, -0.1) is 10.2 Å². The van der Waals surface area contributed by atoms with Gasteiger partial charge >= 0.3 is 0 Å². The van der Waals surface area contributed by atoms with E-state index in [1.54, 1.807) is 17.2 Å². The van der Waals surface area contributed by atoms with E-state index in [0.717, 1.165) is 37.4 Å². The number of hydroxylamine groups is 2. The predicted octanol–water partition coefficient (Wildman–Crippen LogP) is 2.68. The molecule has 10 heteroatoms. The van der Waals surface area contributed by atoms with E-state index in [1.807, 2.05) is 43.8 Å². The van der Waals surface area contributed by atoms with Gasteiger partial charge in [0.05, 0.1) is 23.9 Å². The van der Waals surface area contributed by atoms with Crippen LogP contribution < -0.4 is 5.73 Å². The summed E-state index contributed by atoms with van der Waals surface area (Å²) in [4.78, 5) is 12.5. The summed E-state index contributed by atoms with van der Waals surface area (Å²) in [6.45, 7) is 6.93. The van der Waals surface area contributed by atoms with Crippen LogP contribution in [0.25, 0.3) is 22.3 Å². The maximum atomic E-state index is 10.2. The highest BCUT2D eigenvalue weighted by Gasteiger charge is 2.27. The highest BCUT2D eigenvalue weighted by atomic mass is 16.7. The Morgan fingerprint density at radius 1 is 1.25 bits per heavy atom. The first-order valence-electron chi connectivity index (χ1n) is 11.0. The number of benzene rings is 1. The van der Waals surface area contributed by atoms with E-state index >= 15 is 0 Å². The number of fused-ring (bicyclic) bond motifs is 1. The van der Waals surface area contributed by atoms with Crippen molar-refractivity contribution in [1.29, 1.82) is 0 Å². The monoisotopic (exact) mass is 438 g/mol. The SMILES string of the molecule is CCN=C(N1CCC(n2nc(N)c3nnc(-c4ccccc4O)cc32)CC1)N(C)OCC. The van der Waals surface area contributed by atoms with Gasteiger partial charge in [0.25, 0.3) is 0 Å². The molecular formula is C22H30N8O2. The Labute approximate surface area is 187 Å². The normalized spacial score (nSPS) is 15.5. The second-order valence-corrected chi connectivity index (χ2v) is 7.72. The Hall–Kier alpha value is -3.40. The zero-order valence-electron chi connectivity index (χ0n) is 18.8. The Balaban J connectivity index is 1.59. The van der Waals surface area contributed by atoms with E-state index < -0.39 is 0 Å².